The number of hydrogen-bond donors (Lipinski definition) is 2. The Kier molecular flexibility index (Phi) is 11.7. The van der Waals surface area contributed by atoms with Crippen molar-refractivity contribution in [3.8, 4) is 5.75 Å². The van der Waals surface area contributed by atoms with Crippen LogP contribution in [0.1, 0.15) is 95.7 Å². The summed E-state index contributed by atoms with van der Waals surface area (Å²) in [4.78, 5) is 58.9. The van der Waals surface area contributed by atoms with Gasteiger partial charge in [0.15, 0.2) is 0 Å². The van der Waals surface area contributed by atoms with E-state index in [0.29, 0.717) is 17.0 Å². The molecule has 0 aromatic heterocycles. The van der Waals surface area contributed by atoms with Crippen LogP contribution in [0.2, 0.25) is 0 Å². The molecule has 2 N–H and O–H groups in total. The Hall–Kier alpha value is -5.74. The van der Waals surface area contributed by atoms with E-state index in [1.807, 2.05) is 18.2 Å². The van der Waals surface area contributed by atoms with E-state index in [2.05, 4.69) is 81.5 Å². The molecule has 4 aromatic carbocycles. The van der Waals surface area contributed by atoms with Gasteiger partial charge in [0.1, 0.15) is 11.8 Å². The molecule has 0 radical (unpaired) electrons. The summed E-state index contributed by atoms with van der Waals surface area (Å²) in [5, 5.41) is 12.3. The molecule has 1 atom stereocenters. The van der Waals surface area contributed by atoms with Crippen LogP contribution >= 0.6 is 0 Å². The number of hydrogen-bond acceptors (Lipinski definition) is 8. The van der Waals surface area contributed by atoms with Gasteiger partial charge in [0, 0.05) is 57.1 Å². The van der Waals surface area contributed by atoms with Crippen molar-refractivity contribution in [2.75, 3.05) is 55.6 Å². The van der Waals surface area contributed by atoms with Crippen LogP contribution < -0.4 is 15.1 Å². The Morgan fingerprint density at radius 3 is 2.00 bits per heavy atom. The Morgan fingerprint density at radius 2 is 1.33 bits per heavy atom. The van der Waals surface area contributed by atoms with Crippen molar-refractivity contribution in [3.05, 3.63) is 125 Å². The Balaban J connectivity index is 0.843. The number of carbonyl (C=O) groups is 4. The molecule has 10 heteroatoms. The summed E-state index contributed by atoms with van der Waals surface area (Å²) in [5.41, 5.74) is 8.91. The standard InChI is InChI=1S/C48H53N5O5/c1-2-3-9-40(34-7-5-4-6-8-34)45(36-12-17-39(54)18-13-36)35-10-14-37(15-11-35)51-26-23-33(24-27-51)22-25-50-28-30-52(31-29-50)38-16-19-41-42(32-38)48(58)53(47(41)57)43-20-21-44(55)49-46(43)56/h4-8,10-19,32-33,43,54H,2-3,9,20-31H2,1H3,(H,49,55,56)/b45-40+/t43-/m0/s1. The number of piperidine rings is 2. The molecule has 4 amide bonds. The lowest BCUT2D eigenvalue weighted by molar-refractivity contribution is -0.136. The number of benzene rings is 4. The molecule has 8 rings (SSSR count). The molecule has 3 fully saturated rings. The maximum atomic E-state index is 13.4. The number of fused-ring (bicyclic) bond motifs is 1. The molecule has 3 saturated heterocycles. The van der Waals surface area contributed by atoms with Gasteiger partial charge in [0.2, 0.25) is 11.8 Å². The zero-order valence-corrected chi connectivity index (χ0v) is 33.4. The lowest BCUT2D eigenvalue weighted by Crippen LogP contribution is -2.54. The number of amides is 4. The highest BCUT2D eigenvalue weighted by Gasteiger charge is 2.44. The molecular formula is C48H53N5O5. The first-order valence-electron chi connectivity index (χ1n) is 21.0. The van der Waals surface area contributed by atoms with Crippen LogP contribution in [0.25, 0.3) is 11.1 Å². The molecule has 58 heavy (non-hydrogen) atoms. The number of aromatic hydroxyl groups is 1. The molecule has 10 nitrogen and oxygen atoms in total. The first-order valence-corrected chi connectivity index (χ1v) is 21.0. The number of nitrogens with one attached hydrogen (secondary N) is 1. The summed E-state index contributed by atoms with van der Waals surface area (Å²) in [7, 11) is 0. The second-order valence-electron chi connectivity index (χ2n) is 16.1. The van der Waals surface area contributed by atoms with Crippen LogP contribution in [-0.2, 0) is 9.59 Å². The Labute approximate surface area is 341 Å². The highest BCUT2D eigenvalue weighted by Crippen LogP contribution is 2.37. The lowest BCUT2D eigenvalue weighted by atomic mass is 9.87. The van der Waals surface area contributed by atoms with Crippen molar-refractivity contribution in [2.24, 2.45) is 5.92 Å². The van der Waals surface area contributed by atoms with Gasteiger partial charge in [-0.2, -0.15) is 0 Å². The summed E-state index contributed by atoms with van der Waals surface area (Å²) in [5.74, 6) is -0.952. The third-order valence-electron chi connectivity index (χ3n) is 12.5. The number of rotatable bonds is 12. The van der Waals surface area contributed by atoms with Gasteiger partial charge < -0.3 is 14.9 Å². The van der Waals surface area contributed by atoms with Gasteiger partial charge in [-0.1, -0.05) is 67.9 Å². The summed E-state index contributed by atoms with van der Waals surface area (Å²) in [6.07, 6.45) is 6.98. The number of carbonyl (C=O) groups excluding carboxylic acids is 4. The number of phenols is 1. The van der Waals surface area contributed by atoms with Crippen molar-refractivity contribution < 1.29 is 24.3 Å². The molecule has 0 saturated carbocycles. The maximum absolute atomic E-state index is 13.4. The van der Waals surface area contributed by atoms with E-state index >= 15 is 0 Å². The van der Waals surface area contributed by atoms with E-state index in [0.717, 1.165) is 81.2 Å². The number of piperazine rings is 1. The lowest BCUT2D eigenvalue weighted by Gasteiger charge is -2.38. The van der Waals surface area contributed by atoms with Gasteiger partial charge in [-0.05, 0) is 121 Å². The van der Waals surface area contributed by atoms with Crippen LogP contribution in [-0.4, -0.2) is 90.4 Å². The van der Waals surface area contributed by atoms with E-state index in [1.165, 1.54) is 47.2 Å². The van der Waals surface area contributed by atoms with Crippen molar-refractivity contribution in [1.29, 1.82) is 0 Å². The fraction of sp³-hybridized carbons (Fsp3) is 0.375. The summed E-state index contributed by atoms with van der Waals surface area (Å²) >= 11 is 0. The number of unbranched alkanes of at least 4 members (excludes halogenated alkanes) is 1. The van der Waals surface area contributed by atoms with Crippen molar-refractivity contribution in [3.63, 3.8) is 0 Å². The van der Waals surface area contributed by atoms with E-state index in [4.69, 9.17) is 0 Å². The number of allylic oxidation sites excluding steroid dienone is 1. The predicted octanol–water partition coefficient (Wildman–Crippen LogP) is 7.37. The van der Waals surface area contributed by atoms with Gasteiger partial charge in [0.05, 0.1) is 11.1 Å². The first kappa shape index (κ1) is 39.1. The molecule has 4 aromatic rings. The third-order valence-corrected chi connectivity index (χ3v) is 12.5. The highest BCUT2D eigenvalue weighted by atomic mass is 16.3. The largest absolute Gasteiger partial charge is 0.508 e. The number of phenolic OH excluding ortho intramolecular Hbond substituents is 1. The molecule has 0 spiro atoms. The van der Waals surface area contributed by atoms with E-state index in [9.17, 15) is 24.3 Å². The zero-order valence-electron chi connectivity index (χ0n) is 33.4. The van der Waals surface area contributed by atoms with Crippen molar-refractivity contribution in [1.82, 2.24) is 15.1 Å². The van der Waals surface area contributed by atoms with Gasteiger partial charge in [-0.25, -0.2) is 0 Å². The Bertz CT molecular complexity index is 2170. The molecule has 4 aliphatic heterocycles. The zero-order chi connectivity index (χ0) is 40.2. The summed E-state index contributed by atoms with van der Waals surface area (Å²) in [6, 6.07) is 31.8. The van der Waals surface area contributed by atoms with Gasteiger partial charge in [0.25, 0.3) is 11.8 Å². The predicted molar refractivity (Wildman–Crippen MR) is 228 cm³/mol. The third kappa shape index (κ3) is 8.29. The van der Waals surface area contributed by atoms with Crippen LogP contribution in [0.3, 0.4) is 0 Å². The molecule has 0 bridgehead atoms. The van der Waals surface area contributed by atoms with Gasteiger partial charge >= 0.3 is 0 Å². The highest BCUT2D eigenvalue weighted by molar-refractivity contribution is 6.23. The minimum absolute atomic E-state index is 0.104. The van der Waals surface area contributed by atoms with Crippen molar-refractivity contribution in [2.45, 2.75) is 64.3 Å². The first-order chi connectivity index (χ1) is 28.3. The second kappa shape index (κ2) is 17.4. The topological polar surface area (TPSA) is 114 Å². The number of anilines is 2. The van der Waals surface area contributed by atoms with Crippen LogP contribution in [0.5, 0.6) is 5.75 Å². The van der Waals surface area contributed by atoms with E-state index in [-0.39, 0.29) is 24.5 Å². The molecule has 0 unspecified atom stereocenters. The monoisotopic (exact) mass is 779 g/mol. The Morgan fingerprint density at radius 1 is 0.690 bits per heavy atom. The molecule has 0 aliphatic carbocycles. The quantitative estimate of drug-likeness (QED) is 0.113. The molecule has 4 aliphatic rings. The van der Waals surface area contributed by atoms with E-state index in [1.54, 1.807) is 24.3 Å². The van der Waals surface area contributed by atoms with E-state index < -0.39 is 23.8 Å². The molecule has 300 valence electrons. The van der Waals surface area contributed by atoms with Gasteiger partial charge in [-0.15, -0.1) is 0 Å². The maximum Gasteiger partial charge on any atom is 0.262 e. The fourth-order valence-corrected chi connectivity index (χ4v) is 9.12. The number of imide groups is 2. The van der Waals surface area contributed by atoms with Gasteiger partial charge in [-0.3, -0.25) is 34.3 Å². The SMILES string of the molecule is CCCC/C(=C(\c1ccc(O)cc1)c1ccc(N2CCC(CCN3CCN(c4ccc5c(c4)C(=O)N([C@H]4CCC(=O)NC4=O)C5=O)CC3)CC2)cc1)c1ccccc1. The van der Waals surface area contributed by atoms with Crippen LogP contribution in [0.4, 0.5) is 11.4 Å². The second-order valence-corrected chi connectivity index (χ2v) is 16.1. The average molecular weight is 780 g/mol. The average Bonchev–Trinajstić information content (AvgIpc) is 3.50. The van der Waals surface area contributed by atoms with Crippen LogP contribution in [0, 0.1) is 5.92 Å². The smallest absolute Gasteiger partial charge is 0.262 e. The minimum atomic E-state index is -0.959. The summed E-state index contributed by atoms with van der Waals surface area (Å²) < 4.78 is 0. The summed E-state index contributed by atoms with van der Waals surface area (Å²) in [6.45, 7) is 8.93. The minimum Gasteiger partial charge on any atom is -0.508 e. The molecule has 4 heterocycles. The van der Waals surface area contributed by atoms with Crippen LogP contribution in [0.15, 0.2) is 97.1 Å². The molecular weight excluding hydrogens is 727 g/mol. The number of nitrogens with zero attached hydrogens (tertiary/aromatic N) is 4. The van der Waals surface area contributed by atoms with Crippen molar-refractivity contribution >= 4 is 46.1 Å². The fourth-order valence-electron chi connectivity index (χ4n) is 9.12. The normalized spacial score (nSPS) is 19.7.